The number of halogens is 3. The maximum Gasteiger partial charge on any atom is 0.218 e. The van der Waals surface area contributed by atoms with E-state index in [1.807, 2.05) is 6.07 Å². The van der Waals surface area contributed by atoms with E-state index in [4.69, 9.17) is 23.2 Å². The van der Waals surface area contributed by atoms with Crippen LogP contribution in [0.5, 0.6) is 0 Å². The van der Waals surface area contributed by atoms with Crippen LogP contribution in [0.15, 0.2) is 30.3 Å². The largest absolute Gasteiger partial charge is 0.218 e. The van der Waals surface area contributed by atoms with Crippen LogP contribution in [0, 0.1) is 11.2 Å². The first-order chi connectivity index (χ1) is 14.7. The lowest BCUT2D eigenvalue weighted by atomic mass is 9.64. The highest BCUT2D eigenvalue weighted by Gasteiger charge is 2.69. The fraction of sp³-hybridized carbons (Fsp3) is 0.500. The van der Waals surface area contributed by atoms with Crippen molar-refractivity contribution in [2.75, 3.05) is 6.54 Å². The van der Waals surface area contributed by atoms with E-state index in [0.717, 1.165) is 42.4 Å². The summed E-state index contributed by atoms with van der Waals surface area (Å²) in [5.41, 5.74) is 3.95. The van der Waals surface area contributed by atoms with Gasteiger partial charge in [0.2, 0.25) is 10.0 Å². The van der Waals surface area contributed by atoms with Crippen LogP contribution in [0.1, 0.15) is 66.7 Å². The molecule has 4 aliphatic rings. The van der Waals surface area contributed by atoms with Gasteiger partial charge in [-0.05, 0) is 90.3 Å². The van der Waals surface area contributed by atoms with Crippen molar-refractivity contribution in [2.45, 2.75) is 62.2 Å². The zero-order valence-corrected chi connectivity index (χ0v) is 19.5. The second-order valence-corrected chi connectivity index (χ2v) is 12.7. The molecule has 6 rings (SSSR count). The molecule has 3 aliphatic carbocycles. The second-order valence-electron chi connectivity index (χ2n) is 9.89. The average Bonchev–Trinajstić information content (AvgIpc) is 3.61. The van der Waals surface area contributed by atoms with Crippen molar-refractivity contribution < 1.29 is 12.8 Å². The highest BCUT2D eigenvalue weighted by Crippen LogP contribution is 2.77. The molecule has 1 unspecified atom stereocenters. The Kier molecular flexibility index (Phi) is 4.42. The lowest BCUT2D eigenvalue weighted by Crippen LogP contribution is -2.33. The minimum Gasteiger partial charge on any atom is -0.212 e. The van der Waals surface area contributed by atoms with E-state index in [1.54, 1.807) is 28.6 Å². The highest BCUT2D eigenvalue weighted by atomic mass is 35.5. The molecule has 1 aliphatic heterocycles. The summed E-state index contributed by atoms with van der Waals surface area (Å²) in [4.78, 5) is 0. The number of rotatable bonds is 3. The Morgan fingerprint density at radius 1 is 1.06 bits per heavy atom. The quantitative estimate of drug-likeness (QED) is 0.527. The summed E-state index contributed by atoms with van der Waals surface area (Å²) in [5, 5.41) is 0.761. The molecule has 0 aromatic heterocycles. The van der Waals surface area contributed by atoms with Crippen LogP contribution in [0.2, 0.25) is 10.0 Å². The van der Waals surface area contributed by atoms with Crippen molar-refractivity contribution in [1.29, 1.82) is 0 Å². The van der Waals surface area contributed by atoms with Gasteiger partial charge in [-0.15, -0.1) is 0 Å². The summed E-state index contributed by atoms with van der Waals surface area (Å²) < 4.78 is 43.4. The Labute approximate surface area is 192 Å². The molecule has 0 N–H and O–H groups in total. The molecule has 2 aromatic carbocycles. The summed E-state index contributed by atoms with van der Waals surface area (Å²) in [5.74, 6) is 0.0465. The molecule has 164 valence electrons. The maximum absolute atomic E-state index is 15.2. The van der Waals surface area contributed by atoms with Gasteiger partial charge in [0.25, 0.3) is 0 Å². The van der Waals surface area contributed by atoms with Crippen molar-refractivity contribution in [3.8, 4) is 0 Å². The molecule has 0 bridgehead atoms. The van der Waals surface area contributed by atoms with Gasteiger partial charge < -0.3 is 0 Å². The fourth-order valence-electron chi connectivity index (χ4n) is 6.48. The molecular weight excluding hydrogens is 456 g/mol. The topological polar surface area (TPSA) is 37.4 Å². The summed E-state index contributed by atoms with van der Waals surface area (Å²) in [6.07, 6.45) is 6.36. The Morgan fingerprint density at radius 3 is 2.52 bits per heavy atom. The first-order valence-corrected chi connectivity index (χ1v) is 13.3. The summed E-state index contributed by atoms with van der Waals surface area (Å²) >= 11 is 12.1. The fourth-order valence-corrected chi connectivity index (χ4v) is 8.31. The van der Waals surface area contributed by atoms with Gasteiger partial charge >= 0.3 is 0 Å². The van der Waals surface area contributed by atoms with Crippen LogP contribution in [0.25, 0.3) is 0 Å². The van der Waals surface area contributed by atoms with Gasteiger partial charge in [0, 0.05) is 18.5 Å². The third kappa shape index (κ3) is 3.03. The van der Waals surface area contributed by atoms with Gasteiger partial charge in [-0.25, -0.2) is 12.8 Å². The summed E-state index contributed by atoms with van der Waals surface area (Å²) in [7, 11) is -3.55. The van der Waals surface area contributed by atoms with Crippen molar-refractivity contribution in [1.82, 2.24) is 4.31 Å². The van der Waals surface area contributed by atoms with Crippen LogP contribution in [0.4, 0.5) is 4.39 Å². The number of hydrogen-bond donors (Lipinski definition) is 0. The first-order valence-electron chi connectivity index (χ1n) is 11.0. The second kappa shape index (κ2) is 6.69. The van der Waals surface area contributed by atoms with E-state index < -0.39 is 10.0 Å². The van der Waals surface area contributed by atoms with E-state index in [2.05, 4.69) is 0 Å². The molecule has 2 spiro atoms. The van der Waals surface area contributed by atoms with E-state index in [9.17, 15) is 8.42 Å². The molecule has 2 aromatic rings. The molecule has 0 saturated heterocycles. The molecule has 0 radical (unpaired) electrons. The standard InChI is InChI=1S/C24H24Cl2FNO2S/c25-18-3-1-15(11-19(18)26)14-31(29,30)28-10-5-16-12-23(6-7-23)24(8-9-24)22-20(27)4-2-17(13-28)21(16)22/h1-4,11,16H,5-10,12-14H2. The minimum absolute atomic E-state index is 0.0209. The third-order valence-electron chi connectivity index (χ3n) is 8.23. The van der Waals surface area contributed by atoms with Crippen molar-refractivity contribution in [2.24, 2.45) is 5.41 Å². The van der Waals surface area contributed by atoms with E-state index in [0.29, 0.717) is 28.7 Å². The van der Waals surface area contributed by atoms with Crippen molar-refractivity contribution >= 4 is 33.2 Å². The van der Waals surface area contributed by atoms with Gasteiger partial charge in [-0.1, -0.05) is 35.3 Å². The van der Waals surface area contributed by atoms with Crippen LogP contribution < -0.4 is 0 Å². The predicted molar refractivity (Wildman–Crippen MR) is 120 cm³/mol. The number of benzene rings is 2. The van der Waals surface area contributed by atoms with Gasteiger partial charge in [0.1, 0.15) is 5.82 Å². The Bertz CT molecular complexity index is 1200. The van der Waals surface area contributed by atoms with E-state index in [-0.39, 0.29) is 28.3 Å². The molecule has 1 heterocycles. The lowest BCUT2D eigenvalue weighted by Gasteiger charge is -2.40. The molecule has 1 atom stereocenters. The molecule has 2 fully saturated rings. The zero-order chi connectivity index (χ0) is 21.6. The van der Waals surface area contributed by atoms with Gasteiger partial charge in [0.15, 0.2) is 0 Å². The molecule has 7 heteroatoms. The average molecular weight is 480 g/mol. The van der Waals surface area contributed by atoms with Crippen LogP contribution in [0.3, 0.4) is 0 Å². The zero-order valence-electron chi connectivity index (χ0n) is 17.1. The van der Waals surface area contributed by atoms with Gasteiger partial charge in [-0.3, -0.25) is 0 Å². The number of sulfonamides is 1. The molecule has 31 heavy (non-hydrogen) atoms. The van der Waals surface area contributed by atoms with E-state index in [1.165, 1.54) is 12.8 Å². The van der Waals surface area contributed by atoms with Crippen LogP contribution >= 0.6 is 23.2 Å². The predicted octanol–water partition coefficient (Wildman–Crippen LogP) is 6.17. The normalized spacial score (nSPS) is 25.3. The summed E-state index contributed by atoms with van der Waals surface area (Å²) in [6.45, 7) is 0.777. The molecule has 2 saturated carbocycles. The first kappa shape index (κ1) is 20.5. The molecule has 3 nitrogen and oxygen atoms in total. The summed E-state index contributed by atoms with van der Waals surface area (Å²) in [6, 6.07) is 8.34. The number of nitrogens with zero attached hydrogens (tertiary/aromatic N) is 1. The van der Waals surface area contributed by atoms with Crippen molar-refractivity contribution in [3.05, 3.63) is 68.4 Å². The number of hydrogen-bond acceptors (Lipinski definition) is 2. The lowest BCUT2D eigenvalue weighted by molar-refractivity contribution is 0.273. The smallest absolute Gasteiger partial charge is 0.212 e. The van der Waals surface area contributed by atoms with Crippen LogP contribution in [-0.2, 0) is 27.7 Å². The highest BCUT2D eigenvalue weighted by molar-refractivity contribution is 7.88. The number of fused-ring (bicyclic) bond motifs is 2. The molecule has 0 amide bonds. The Hall–Kier alpha value is -1.14. The Balaban J connectivity index is 1.36. The Morgan fingerprint density at radius 2 is 1.84 bits per heavy atom. The monoisotopic (exact) mass is 479 g/mol. The van der Waals surface area contributed by atoms with E-state index >= 15 is 4.39 Å². The van der Waals surface area contributed by atoms with Crippen LogP contribution in [-0.4, -0.2) is 19.3 Å². The molecular formula is C24H24Cl2FNO2S. The SMILES string of the molecule is O=S(=O)(Cc1ccc(Cl)c(Cl)c1)N1CCC2CC3(CC3)C3(CC3)c3c(F)ccc(c32)C1. The minimum atomic E-state index is -3.55. The van der Waals surface area contributed by atoms with Gasteiger partial charge in [0.05, 0.1) is 15.8 Å². The maximum atomic E-state index is 15.2. The van der Waals surface area contributed by atoms with Gasteiger partial charge in [-0.2, -0.15) is 4.31 Å². The third-order valence-corrected chi connectivity index (χ3v) is 10.8. The van der Waals surface area contributed by atoms with Crippen molar-refractivity contribution in [3.63, 3.8) is 0 Å².